The summed E-state index contributed by atoms with van der Waals surface area (Å²) in [5.41, 5.74) is 0.575. The molecule has 0 aliphatic carbocycles. The highest BCUT2D eigenvalue weighted by Crippen LogP contribution is 2.38. The zero-order valence-electron chi connectivity index (χ0n) is 14.1. The van der Waals surface area contributed by atoms with E-state index >= 15 is 0 Å². The number of nitro benzene ring substituents is 1. The van der Waals surface area contributed by atoms with Crippen molar-refractivity contribution in [3.8, 4) is 0 Å². The number of fused-ring (bicyclic) bond motifs is 1. The van der Waals surface area contributed by atoms with Gasteiger partial charge in [-0.3, -0.25) is 19.8 Å². The monoisotopic (exact) mass is 336 g/mol. The molecule has 24 heavy (non-hydrogen) atoms. The second kappa shape index (κ2) is 6.46. The molecule has 1 aromatic rings. The SMILES string of the molecule is COC(=O)CC1c2ccc([N+](=O)[O-])cc2CN1C(=O)OC(C)(C)C. The number of rotatable bonds is 3. The van der Waals surface area contributed by atoms with Gasteiger partial charge in [0.15, 0.2) is 0 Å². The summed E-state index contributed by atoms with van der Waals surface area (Å²) in [6, 6.07) is 3.79. The van der Waals surface area contributed by atoms with E-state index in [1.807, 2.05) is 0 Å². The lowest BCUT2D eigenvalue weighted by Gasteiger charge is -2.28. The second-order valence-electron chi connectivity index (χ2n) is 6.54. The van der Waals surface area contributed by atoms with Crippen LogP contribution in [0.5, 0.6) is 0 Å². The highest BCUT2D eigenvalue weighted by molar-refractivity contribution is 5.75. The molecule has 0 saturated heterocycles. The fraction of sp³-hybridized carbons (Fsp3) is 0.500. The van der Waals surface area contributed by atoms with Crippen molar-refractivity contribution >= 4 is 17.7 Å². The van der Waals surface area contributed by atoms with Gasteiger partial charge in [0.1, 0.15) is 5.60 Å². The van der Waals surface area contributed by atoms with Crippen LogP contribution in [0.1, 0.15) is 44.4 Å². The van der Waals surface area contributed by atoms with E-state index in [4.69, 9.17) is 9.47 Å². The predicted octanol–water partition coefficient (Wildman–Crippen LogP) is 2.95. The molecule has 1 aliphatic heterocycles. The topological polar surface area (TPSA) is 99.0 Å². The fourth-order valence-electron chi connectivity index (χ4n) is 2.60. The molecule has 0 aromatic heterocycles. The van der Waals surface area contributed by atoms with E-state index < -0.39 is 28.6 Å². The Morgan fingerprint density at radius 2 is 2.04 bits per heavy atom. The van der Waals surface area contributed by atoms with Gasteiger partial charge in [0, 0.05) is 12.1 Å². The van der Waals surface area contributed by atoms with Gasteiger partial charge in [-0.05, 0) is 38.0 Å². The zero-order chi connectivity index (χ0) is 18.1. The summed E-state index contributed by atoms with van der Waals surface area (Å²) in [4.78, 5) is 36.0. The molecule has 0 radical (unpaired) electrons. The molecule has 1 aliphatic rings. The quantitative estimate of drug-likeness (QED) is 0.478. The Morgan fingerprint density at radius 1 is 1.38 bits per heavy atom. The maximum absolute atomic E-state index is 12.4. The summed E-state index contributed by atoms with van der Waals surface area (Å²) in [5.74, 6) is -0.472. The van der Waals surface area contributed by atoms with Crippen molar-refractivity contribution in [1.29, 1.82) is 0 Å². The summed E-state index contributed by atoms with van der Waals surface area (Å²) < 4.78 is 10.1. The van der Waals surface area contributed by atoms with E-state index in [9.17, 15) is 19.7 Å². The number of hydrogen-bond acceptors (Lipinski definition) is 6. The third-order valence-corrected chi connectivity index (χ3v) is 3.63. The van der Waals surface area contributed by atoms with Crippen LogP contribution in [-0.4, -0.2) is 34.6 Å². The first-order chi connectivity index (χ1) is 11.1. The van der Waals surface area contributed by atoms with Crippen LogP contribution in [0.3, 0.4) is 0 Å². The molecule has 1 heterocycles. The number of esters is 1. The molecule has 0 saturated carbocycles. The number of ether oxygens (including phenoxy) is 2. The maximum atomic E-state index is 12.4. The Labute approximate surface area is 139 Å². The Kier molecular flexibility index (Phi) is 4.77. The van der Waals surface area contributed by atoms with Crippen LogP contribution >= 0.6 is 0 Å². The van der Waals surface area contributed by atoms with Crippen molar-refractivity contribution < 1.29 is 24.0 Å². The van der Waals surface area contributed by atoms with E-state index in [1.54, 1.807) is 26.8 Å². The molecule has 0 bridgehead atoms. The summed E-state index contributed by atoms with van der Waals surface area (Å²) in [7, 11) is 1.27. The lowest BCUT2D eigenvalue weighted by Crippen LogP contribution is -2.36. The highest BCUT2D eigenvalue weighted by Gasteiger charge is 2.38. The Hall–Kier alpha value is -2.64. The maximum Gasteiger partial charge on any atom is 0.411 e. The van der Waals surface area contributed by atoms with E-state index in [1.165, 1.54) is 24.1 Å². The molecule has 8 heteroatoms. The molecule has 1 aromatic carbocycles. The number of hydrogen-bond donors (Lipinski definition) is 0. The zero-order valence-corrected chi connectivity index (χ0v) is 14.1. The molecular formula is C16H20N2O6. The summed E-state index contributed by atoms with van der Waals surface area (Å²) in [6.45, 7) is 5.38. The van der Waals surface area contributed by atoms with Crippen molar-refractivity contribution in [2.75, 3.05) is 7.11 Å². The number of benzene rings is 1. The number of carbonyl (C=O) groups excluding carboxylic acids is 2. The fourth-order valence-corrected chi connectivity index (χ4v) is 2.60. The molecule has 1 amide bonds. The lowest BCUT2D eigenvalue weighted by atomic mass is 10.0. The molecule has 0 fully saturated rings. The molecule has 130 valence electrons. The van der Waals surface area contributed by atoms with Crippen LogP contribution in [0.2, 0.25) is 0 Å². The number of carbonyl (C=O) groups is 2. The number of methoxy groups -OCH3 is 1. The van der Waals surface area contributed by atoms with Crippen LogP contribution in [0.15, 0.2) is 18.2 Å². The minimum Gasteiger partial charge on any atom is -0.469 e. The Balaban J connectivity index is 2.35. The van der Waals surface area contributed by atoms with Crippen molar-refractivity contribution in [3.63, 3.8) is 0 Å². The first-order valence-corrected chi connectivity index (χ1v) is 7.46. The molecule has 2 rings (SSSR count). The van der Waals surface area contributed by atoms with Gasteiger partial charge in [0.2, 0.25) is 0 Å². The number of non-ortho nitro benzene ring substituents is 1. The second-order valence-corrected chi connectivity index (χ2v) is 6.54. The van der Waals surface area contributed by atoms with E-state index in [2.05, 4.69) is 0 Å². The molecule has 0 N–H and O–H groups in total. The highest BCUT2D eigenvalue weighted by atomic mass is 16.6. The van der Waals surface area contributed by atoms with E-state index in [-0.39, 0.29) is 18.7 Å². The molecular weight excluding hydrogens is 316 g/mol. The first kappa shape index (κ1) is 17.7. The molecule has 0 spiro atoms. The van der Waals surface area contributed by atoms with Gasteiger partial charge in [-0.15, -0.1) is 0 Å². The summed E-state index contributed by atoms with van der Waals surface area (Å²) in [6.07, 6.45) is -0.615. The number of amides is 1. The van der Waals surface area contributed by atoms with E-state index in [0.29, 0.717) is 11.1 Å². The molecule has 1 atom stereocenters. The predicted molar refractivity (Wildman–Crippen MR) is 84.2 cm³/mol. The number of nitrogens with zero attached hydrogens (tertiary/aromatic N) is 2. The van der Waals surface area contributed by atoms with Gasteiger partial charge in [-0.2, -0.15) is 0 Å². The average molecular weight is 336 g/mol. The minimum absolute atomic E-state index is 0.0411. The van der Waals surface area contributed by atoms with Crippen LogP contribution in [-0.2, 0) is 20.8 Å². The van der Waals surface area contributed by atoms with Gasteiger partial charge >= 0.3 is 12.1 Å². The van der Waals surface area contributed by atoms with Crippen LogP contribution in [0.4, 0.5) is 10.5 Å². The van der Waals surface area contributed by atoms with Gasteiger partial charge < -0.3 is 9.47 Å². The molecule has 8 nitrogen and oxygen atoms in total. The van der Waals surface area contributed by atoms with Crippen molar-refractivity contribution in [2.24, 2.45) is 0 Å². The Bertz CT molecular complexity index is 680. The van der Waals surface area contributed by atoms with Gasteiger partial charge in [0.25, 0.3) is 5.69 Å². The standard InChI is InChI=1S/C16H20N2O6/c1-16(2,3)24-15(20)17-9-10-7-11(18(21)22)5-6-12(10)13(17)8-14(19)23-4/h5-7,13H,8-9H2,1-4H3. The van der Waals surface area contributed by atoms with Crippen LogP contribution in [0.25, 0.3) is 0 Å². The number of nitro groups is 1. The van der Waals surface area contributed by atoms with Crippen molar-refractivity contribution in [1.82, 2.24) is 4.90 Å². The smallest absolute Gasteiger partial charge is 0.411 e. The Morgan fingerprint density at radius 3 is 2.58 bits per heavy atom. The third-order valence-electron chi connectivity index (χ3n) is 3.63. The van der Waals surface area contributed by atoms with E-state index in [0.717, 1.165) is 0 Å². The minimum atomic E-state index is -0.687. The van der Waals surface area contributed by atoms with Gasteiger partial charge in [-0.25, -0.2) is 4.79 Å². The van der Waals surface area contributed by atoms with Gasteiger partial charge in [0.05, 0.1) is 31.0 Å². The van der Waals surface area contributed by atoms with Gasteiger partial charge in [-0.1, -0.05) is 0 Å². The average Bonchev–Trinajstić information content (AvgIpc) is 2.83. The van der Waals surface area contributed by atoms with Crippen LogP contribution < -0.4 is 0 Å². The summed E-state index contributed by atoms with van der Waals surface area (Å²) >= 11 is 0. The van der Waals surface area contributed by atoms with Crippen molar-refractivity contribution in [3.05, 3.63) is 39.4 Å². The third kappa shape index (κ3) is 3.81. The first-order valence-electron chi connectivity index (χ1n) is 7.46. The normalized spacial score (nSPS) is 16.5. The summed E-state index contributed by atoms with van der Waals surface area (Å²) in [5, 5.41) is 10.9. The lowest BCUT2D eigenvalue weighted by molar-refractivity contribution is -0.384. The largest absolute Gasteiger partial charge is 0.469 e. The van der Waals surface area contributed by atoms with Crippen LogP contribution in [0, 0.1) is 10.1 Å². The molecule has 1 unspecified atom stereocenters. The van der Waals surface area contributed by atoms with Crippen molar-refractivity contribution in [2.45, 2.75) is 45.4 Å².